The summed E-state index contributed by atoms with van der Waals surface area (Å²) in [5, 5.41) is 3.56. The Morgan fingerprint density at radius 3 is 2.26 bits per heavy atom. The van der Waals surface area contributed by atoms with E-state index in [9.17, 15) is 26.4 Å². The van der Waals surface area contributed by atoms with Gasteiger partial charge in [-0.3, -0.25) is 4.79 Å². The van der Waals surface area contributed by atoms with E-state index in [1.165, 1.54) is 24.3 Å². The van der Waals surface area contributed by atoms with Gasteiger partial charge in [-0.1, -0.05) is 41.4 Å². The zero-order chi connectivity index (χ0) is 28.1. The molecule has 1 amide bonds. The lowest BCUT2D eigenvalue weighted by Gasteiger charge is -2.35. The molecule has 7 nitrogen and oxygen atoms in total. The normalized spacial score (nSPS) is 17.1. The number of halogens is 5. The van der Waals surface area contributed by atoms with E-state index >= 15 is 0 Å². The van der Waals surface area contributed by atoms with Gasteiger partial charge in [-0.2, -0.15) is 0 Å². The van der Waals surface area contributed by atoms with Crippen LogP contribution in [0.4, 0.5) is 13.2 Å². The van der Waals surface area contributed by atoms with Crippen molar-refractivity contribution in [1.82, 2.24) is 14.9 Å². The molecule has 1 unspecified atom stereocenters. The maximum atomic E-state index is 13.5. The Bertz CT molecular complexity index is 1220. The number of hydrogen-bond acceptors (Lipinski definition) is 5. The van der Waals surface area contributed by atoms with Gasteiger partial charge in [0.25, 0.3) is 0 Å². The van der Waals surface area contributed by atoms with E-state index in [2.05, 4.69) is 19.7 Å². The highest BCUT2D eigenvalue weighted by Crippen LogP contribution is 2.34. The highest BCUT2D eigenvalue weighted by Gasteiger charge is 2.36. The number of nitrogens with one attached hydrogen (secondary N) is 2. The number of piperidine rings is 1. The zero-order valence-electron chi connectivity index (χ0n) is 20.9. The fraction of sp³-hybridized carbons (Fsp3) is 0.480. The monoisotopic (exact) mass is 595 g/mol. The third-order valence-electron chi connectivity index (χ3n) is 6.56. The highest BCUT2D eigenvalue weighted by atomic mass is 35.5. The van der Waals surface area contributed by atoms with Gasteiger partial charge in [0.1, 0.15) is 5.75 Å². The predicted molar refractivity (Wildman–Crippen MR) is 141 cm³/mol. The number of amides is 1. The van der Waals surface area contributed by atoms with Gasteiger partial charge in [-0.15, -0.1) is 13.2 Å². The SMILES string of the molecule is CC(CCN1CCC(NS(C)(=O)=O)CC1)(C(=O)NCc1ccc(OC(F)(F)F)cc1)c1ccc(Cl)c(Cl)c1. The summed E-state index contributed by atoms with van der Waals surface area (Å²) in [7, 11) is -3.27. The molecule has 2 aromatic rings. The number of nitrogens with zero attached hydrogens (tertiary/aromatic N) is 1. The molecular formula is C25H30Cl2F3N3O4S. The van der Waals surface area contributed by atoms with Gasteiger partial charge in [0, 0.05) is 12.6 Å². The summed E-state index contributed by atoms with van der Waals surface area (Å²) in [6, 6.07) is 10.2. The Morgan fingerprint density at radius 2 is 1.71 bits per heavy atom. The van der Waals surface area contributed by atoms with E-state index in [4.69, 9.17) is 23.2 Å². The second-order valence-electron chi connectivity index (χ2n) is 9.59. The molecular weight excluding hydrogens is 566 g/mol. The Labute approximate surface area is 230 Å². The van der Waals surface area contributed by atoms with Gasteiger partial charge in [0.15, 0.2) is 0 Å². The second kappa shape index (κ2) is 12.4. The first-order valence-electron chi connectivity index (χ1n) is 11.9. The van der Waals surface area contributed by atoms with Gasteiger partial charge in [-0.25, -0.2) is 13.1 Å². The van der Waals surface area contributed by atoms with Gasteiger partial charge < -0.3 is 15.0 Å². The molecule has 0 bridgehead atoms. The van der Waals surface area contributed by atoms with E-state index in [1.807, 2.05) is 0 Å². The first kappa shape index (κ1) is 30.5. The van der Waals surface area contributed by atoms with Crippen molar-refractivity contribution in [3.05, 3.63) is 63.6 Å². The molecule has 0 spiro atoms. The minimum Gasteiger partial charge on any atom is -0.406 e. The van der Waals surface area contributed by atoms with Gasteiger partial charge in [0.2, 0.25) is 15.9 Å². The lowest BCUT2D eigenvalue weighted by Crippen LogP contribution is -2.47. The Balaban J connectivity index is 1.68. The Hall–Kier alpha value is -2.05. The molecule has 38 heavy (non-hydrogen) atoms. The van der Waals surface area contributed by atoms with Crippen LogP contribution < -0.4 is 14.8 Å². The smallest absolute Gasteiger partial charge is 0.406 e. The summed E-state index contributed by atoms with van der Waals surface area (Å²) in [5.74, 6) is -0.621. The molecule has 2 N–H and O–H groups in total. The van der Waals surface area contributed by atoms with Crippen LogP contribution in [0, 0.1) is 0 Å². The van der Waals surface area contributed by atoms with Crippen LogP contribution in [0.25, 0.3) is 0 Å². The minimum absolute atomic E-state index is 0.102. The molecule has 13 heteroatoms. The topological polar surface area (TPSA) is 87.7 Å². The average Bonchev–Trinajstić information content (AvgIpc) is 2.82. The highest BCUT2D eigenvalue weighted by molar-refractivity contribution is 7.88. The number of likely N-dealkylation sites (tertiary alicyclic amines) is 1. The van der Waals surface area contributed by atoms with E-state index < -0.39 is 21.8 Å². The molecule has 1 saturated heterocycles. The minimum atomic E-state index is -4.78. The average molecular weight is 596 g/mol. The third kappa shape index (κ3) is 9.01. The van der Waals surface area contributed by atoms with E-state index in [0.717, 1.165) is 6.26 Å². The Morgan fingerprint density at radius 1 is 1.08 bits per heavy atom. The molecule has 1 heterocycles. The largest absolute Gasteiger partial charge is 0.573 e. The van der Waals surface area contributed by atoms with Crippen LogP contribution in [0.5, 0.6) is 5.75 Å². The van der Waals surface area contributed by atoms with Crippen LogP contribution in [-0.2, 0) is 26.8 Å². The molecule has 0 aliphatic carbocycles. The molecule has 1 atom stereocenters. The quantitative estimate of drug-likeness (QED) is 0.409. The number of carbonyl (C=O) groups is 1. The second-order valence-corrected chi connectivity index (χ2v) is 12.2. The maximum Gasteiger partial charge on any atom is 0.573 e. The summed E-state index contributed by atoms with van der Waals surface area (Å²) >= 11 is 12.3. The summed E-state index contributed by atoms with van der Waals surface area (Å²) in [4.78, 5) is 15.7. The zero-order valence-corrected chi connectivity index (χ0v) is 23.3. The number of sulfonamides is 1. The van der Waals surface area contributed by atoms with Crippen molar-refractivity contribution in [2.45, 2.75) is 50.6 Å². The number of ether oxygens (including phenoxy) is 1. The van der Waals surface area contributed by atoms with Crippen LogP contribution >= 0.6 is 23.2 Å². The van der Waals surface area contributed by atoms with Crippen LogP contribution in [0.1, 0.15) is 37.3 Å². The molecule has 210 valence electrons. The molecule has 0 aromatic heterocycles. The third-order valence-corrected chi connectivity index (χ3v) is 8.06. The van der Waals surface area contributed by atoms with Crippen molar-refractivity contribution < 1.29 is 31.1 Å². The molecule has 1 aliphatic heterocycles. The first-order valence-corrected chi connectivity index (χ1v) is 14.6. The summed E-state index contributed by atoms with van der Waals surface area (Å²) in [6.45, 7) is 3.85. The molecule has 0 radical (unpaired) electrons. The molecule has 0 saturated carbocycles. The summed E-state index contributed by atoms with van der Waals surface area (Å²) < 4.78 is 66.8. The number of carbonyl (C=O) groups excluding carboxylic acids is 1. The fourth-order valence-electron chi connectivity index (χ4n) is 4.37. The first-order chi connectivity index (χ1) is 17.6. The Kier molecular flexibility index (Phi) is 9.97. The van der Waals surface area contributed by atoms with Crippen molar-refractivity contribution in [2.24, 2.45) is 0 Å². The van der Waals surface area contributed by atoms with Crippen LogP contribution in [-0.4, -0.2) is 57.5 Å². The number of alkyl halides is 3. The summed E-state index contributed by atoms with van der Waals surface area (Å²) in [5.41, 5.74) is 0.284. The number of benzene rings is 2. The van der Waals surface area contributed by atoms with Crippen LogP contribution in [0.2, 0.25) is 10.0 Å². The lowest BCUT2D eigenvalue weighted by atomic mass is 9.78. The van der Waals surface area contributed by atoms with Gasteiger partial charge in [0.05, 0.1) is 21.7 Å². The fourth-order valence-corrected chi connectivity index (χ4v) is 5.51. The lowest BCUT2D eigenvalue weighted by molar-refractivity contribution is -0.274. The van der Waals surface area contributed by atoms with Crippen LogP contribution in [0.15, 0.2) is 42.5 Å². The van der Waals surface area contributed by atoms with Crippen molar-refractivity contribution in [3.8, 4) is 5.75 Å². The molecule has 3 rings (SSSR count). The van der Waals surface area contributed by atoms with Crippen molar-refractivity contribution >= 4 is 39.1 Å². The van der Waals surface area contributed by atoms with Gasteiger partial charge in [-0.05, 0) is 81.2 Å². The van der Waals surface area contributed by atoms with E-state index in [0.29, 0.717) is 60.1 Å². The van der Waals surface area contributed by atoms with Crippen molar-refractivity contribution in [1.29, 1.82) is 0 Å². The maximum absolute atomic E-state index is 13.5. The molecule has 1 aliphatic rings. The number of rotatable bonds is 10. The molecule has 2 aromatic carbocycles. The number of hydrogen-bond donors (Lipinski definition) is 2. The van der Waals surface area contributed by atoms with Gasteiger partial charge >= 0.3 is 6.36 Å². The van der Waals surface area contributed by atoms with Crippen molar-refractivity contribution in [2.75, 3.05) is 25.9 Å². The standard InChI is InChI=1S/C25H30Cl2F3N3O4S/c1-24(18-5-8-21(26)22(27)15-18,11-14-33-12-9-19(10-13-33)32-38(2,35)36)23(34)31-16-17-3-6-20(7-4-17)37-25(28,29)30/h3-8,15,19,32H,9-14,16H2,1-2H3,(H,31,34). The van der Waals surface area contributed by atoms with Crippen LogP contribution in [0.3, 0.4) is 0 Å². The summed E-state index contributed by atoms with van der Waals surface area (Å²) in [6.07, 6.45) is -1.87. The molecule has 1 fully saturated rings. The van der Waals surface area contributed by atoms with E-state index in [-0.39, 0.29) is 24.2 Å². The van der Waals surface area contributed by atoms with E-state index in [1.54, 1.807) is 25.1 Å². The van der Waals surface area contributed by atoms with Crippen molar-refractivity contribution in [3.63, 3.8) is 0 Å². The predicted octanol–water partition coefficient (Wildman–Crippen LogP) is 4.87.